The van der Waals surface area contributed by atoms with Gasteiger partial charge in [0, 0.05) is 12.7 Å². The molecule has 0 aliphatic carbocycles. The van der Waals surface area contributed by atoms with Crippen LogP contribution in [0.1, 0.15) is 32.9 Å². The minimum atomic E-state index is -0.239. The second-order valence-corrected chi connectivity index (χ2v) is 6.15. The van der Waals surface area contributed by atoms with Crippen LogP contribution in [-0.2, 0) is 13.2 Å². The maximum atomic E-state index is 12.0. The first-order valence-electron chi connectivity index (χ1n) is 8.44. The van der Waals surface area contributed by atoms with Crippen molar-refractivity contribution in [3.63, 3.8) is 0 Å². The summed E-state index contributed by atoms with van der Waals surface area (Å²) in [5, 5.41) is 2.84. The van der Waals surface area contributed by atoms with Crippen molar-refractivity contribution in [1.82, 2.24) is 15.3 Å². The van der Waals surface area contributed by atoms with Gasteiger partial charge in [0.25, 0.3) is 5.91 Å². The van der Waals surface area contributed by atoms with Crippen LogP contribution in [-0.4, -0.2) is 15.9 Å². The van der Waals surface area contributed by atoms with Gasteiger partial charge in [0.05, 0.1) is 11.9 Å². The number of rotatable bonds is 6. The van der Waals surface area contributed by atoms with Crippen LogP contribution < -0.4 is 10.1 Å². The van der Waals surface area contributed by atoms with E-state index in [0.717, 1.165) is 22.6 Å². The predicted molar refractivity (Wildman–Crippen MR) is 99.9 cm³/mol. The van der Waals surface area contributed by atoms with E-state index in [-0.39, 0.29) is 5.91 Å². The van der Waals surface area contributed by atoms with E-state index in [4.69, 9.17) is 4.74 Å². The van der Waals surface area contributed by atoms with Gasteiger partial charge in [-0.05, 0) is 37.1 Å². The number of carbonyl (C=O) groups is 1. The van der Waals surface area contributed by atoms with Gasteiger partial charge < -0.3 is 10.1 Å². The number of aromatic nitrogens is 2. The molecule has 26 heavy (non-hydrogen) atoms. The molecular weight excluding hydrogens is 326 g/mol. The summed E-state index contributed by atoms with van der Waals surface area (Å²) in [5.41, 5.74) is 4.44. The molecule has 132 valence electrons. The van der Waals surface area contributed by atoms with Gasteiger partial charge in [-0.1, -0.05) is 42.0 Å². The van der Waals surface area contributed by atoms with Gasteiger partial charge in [-0.3, -0.25) is 9.78 Å². The van der Waals surface area contributed by atoms with E-state index in [9.17, 15) is 4.79 Å². The molecule has 1 N–H and O–H groups in total. The minimum absolute atomic E-state index is 0.239. The van der Waals surface area contributed by atoms with Gasteiger partial charge in [-0.25, -0.2) is 4.98 Å². The zero-order valence-electron chi connectivity index (χ0n) is 14.9. The Morgan fingerprint density at radius 2 is 1.81 bits per heavy atom. The van der Waals surface area contributed by atoms with Crippen LogP contribution in [0.4, 0.5) is 0 Å². The molecule has 5 heteroatoms. The van der Waals surface area contributed by atoms with Crippen molar-refractivity contribution in [3.05, 3.63) is 89.0 Å². The Kier molecular flexibility index (Phi) is 5.59. The molecule has 1 aromatic heterocycles. The molecular formula is C21H21N3O2. The summed E-state index contributed by atoms with van der Waals surface area (Å²) >= 11 is 0. The van der Waals surface area contributed by atoms with Gasteiger partial charge in [-0.15, -0.1) is 0 Å². The van der Waals surface area contributed by atoms with Crippen molar-refractivity contribution in [2.24, 2.45) is 0 Å². The standard InChI is InChI=1S/C21H21N3O2/c1-15-4-3-5-18(10-15)14-26-19-8-6-17(7-9-19)12-24-21(25)20-13-22-16(2)11-23-20/h3-11,13H,12,14H2,1-2H3,(H,24,25). The minimum Gasteiger partial charge on any atom is -0.489 e. The summed E-state index contributed by atoms with van der Waals surface area (Å²) in [4.78, 5) is 20.2. The predicted octanol–water partition coefficient (Wildman–Crippen LogP) is 3.60. The van der Waals surface area contributed by atoms with E-state index in [2.05, 4.69) is 34.3 Å². The molecule has 2 aromatic carbocycles. The number of hydrogen-bond donors (Lipinski definition) is 1. The number of aryl methyl sites for hydroxylation is 2. The number of nitrogens with zero attached hydrogens (tertiary/aromatic N) is 2. The lowest BCUT2D eigenvalue weighted by Crippen LogP contribution is -2.24. The van der Waals surface area contributed by atoms with E-state index in [0.29, 0.717) is 18.8 Å². The molecule has 3 aromatic rings. The second kappa shape index (κ2) is 8.25. The fourth-order valence-corrected chi connectivity index (χ4v) is 2.45. The monoisotopic (exact) mass is 347 g/mol. The summed E-state index contributed by atoms with van der Waals surface area (Å²) < 4.78 is 5.80. The first-order valence-corrected chi connectivity index (χ1v) is 8.44. The van der Waals surface area contributed by atoms with E-state index in [1.54, 1.807) is 6.20 Å². The summed E-state index contributed by atoms with van der Waals surface area (Å²) in [5.74, 6) is 0.559. The first-order chi connectivity index (χ1) is 12.6. The molecule has 0 bridgehead atoms. The van der Waals surface area contributed by atoms with E-state index < -0.39 is 0 Å². The molecule has 0 saturated carbocycles. The quantitative estimate of drug-likeness (QED) is 0.740. The number of carbonyl (C=O) groups excluding carboxylic acids is 1. The Morgan fingerprint density at radius 3 is 2.50 bits per heavy atom. The van der Waals surface area contributed by atoms with Crippen LogP contribution in [0, 0.1) is 13.8 Å². The smallest absolute Gasteiger partial charge is 0.271 e. The van der Waals surface area contributed by atoms with Gasteiger partial charge in [0.2, 0.25) is 0 Å². The Morgan fingerprint density at radius 1 is 1.00 bits per heavy atom. The molecule has 0 unspecified atom stereocenters. The summed E-state index contributed by atoms with van der Waals surface area (Å²) in [6.07, 6.45) is 3.06. The van der Waals surface area contributed by atoms with Crippen molar-refractivity contribution in [2.75, 3.05) is 0 Å². The normalized spacial score (nSPS) is 10.4. The fraction of sp³-hybridized carbons (Fsp3) is 0.190. The van der Waals surface area contributed by atoms with Crippen LogP contribution >= 0.6 is 0 Å². The Labute approximate surface area is 153 Å². The highest BCUT2D eigenvalue weighted by Crippen LogP contribution is 2.15. The van der Waals surface area contributed by atoms with Crippen molar-refractivity contribution >= 4 is 5.91 Å². The summed E-state index contributed by atoms with van der Waals surface area (Å²) in [6, 6.07) is 15.9. The molecule has 0 radical (unpaired) electrons. The first kappa shape index (κ1) is 17.6. The van der Waals surface area contributed by atoms with E-state index >= 15 is 0 Å². The number of hydrogen-bond acceptors (Lipinski definition) is 4. The molecule has 1 amide bonds. The SMILES string of the molecule is Cc1cccc(COc2ccc(CNC(=O)c3cnc(C)cn3)cc2)c1. The van der Waals surface area contributed by atoms with Gasteiger partial charge in [0.1, 0.15) is 18.1 Å². The molecule has 3 rings (SSSR count). The van der Waals surface area contributed by atoms with Crippen molar-refractivity contribution in [3.8, 4) is 5.75 Å². The molecule has 5 nitrogen and oxygen atoms in total. The molecule has 0 aliphatic rings. The molecule has 0 saturated heterocycles. The fourth-order valence-electron chi connectivity index (χ4n) is 2.45. The summed E-state index contributed by atoms with van der Waals surface area (Å²) in [7, 11) is 0. The number of benzene rings is 2. The Balaban J connectivity index is 1.51. The zero-order chi connectivity index (χ0) is 18.4. The molecule has 0 aliphatic heterocycles. The van der Waals surface area contributed by atoms with Crippen LogP contribution in [0.5, 0.6) is 5.75 Å². The van der Waals surface area contributed by atoms with E-state index in [1.807, 2.05) is 43.3 Å². The third kappa shape index (κ3) is 4.89. The Bertz CT molecular complexity index is 875. The molecule has 1 heterocycles. The Hall–Kier alpha value is -3.21. The average Bonchev–Trinajstić information content (AvgIpc) is 2.66. The number of nitrogens with one attached hydrogen (secondary N) is 1. The lowest BCUT2D eigenvalue weighted by molar-refractivity contribution is 0.0945. The molecule has 0 spiro atoms. The highest BCUT2D eigenvalue weighted by molar-refractivity contribution is 5.91. The lowest BCUT2D eigenvalue weighted by atomic mass is 10.1. The highest BCUT2D eigenvalue weighted by Gasteiger charge is 2.07. The largest absolute Gasteiger partial charge is 0.489 e. The average molecular weight is 347 g/mol. The molecule has 0 fully saturated rings. The number of amides is 1. The zero-order valence-corrected chi connectivity index (χ0v) is 14.9. The number of ether oxygens (including phenoxy) is 1. The van der Waals surface area contributed by atoms with Crippen LogP contribution in [0.3, 0.4) is 0 Å². The third-order valence-corrected chi connectivity index (χ3v) is 3.88. The van der Waals surface area contributed by atoms with Crippen molar-refractivity contribution in [1.29, 1.82) is 0 Å². The van der Waals surface area contributed by atoms with Gasteiger partial charge in [-0.2, -0.15) is 0 Å². The van der Waals surface area contributed by atoms with Crippen molar-refractivity contribution < 1.29 is 9.53 Å². The van der Waals surface area contributed by atoms with E-state index in [1.165, 1.54) is 11.8 Å². The maximum absolute atomic E-state index is 12.0. The maximum Gasteiger partial charge on any atom is 0.271 e. The summed E-state index contributed by atoms with van der Waals surface area (Å²) in [6.45, 7) is 4.85. The lowest BCUT2D eigenvalue weighted by Gasteiger charge is -2.09. The third-order valence-electron chi connectivity index (χ3n) is 3.88. The van der Waals surface area contributed by atoms with Gasteiger partial charge in [0.15, 0.2) is 0 Å². The highest BCUT2D eigenvalue weighted by atomic mass is 16.5. The van der Waals surface area contributed by atoms with Crippen LogP contribution in [0.2, 0.25) is 0 Å². The van der Waals surface area contributed by atoms with Gasteiger partial charge >= 0.3 is 0 Å². The molecule has 0 atom stereocenters. The topological polar surface area (TPSA) is 64.1 Å². The van der Waals surface area contributed by atoms with Crippen LogP contribution in [0.15, 0.2) is 60.9 Å². The van der Waals surface area contributed by atoms with Crippen molar-refractivity contribution in [2.45, 2.75) is 27.0 Å². The second-order valence-electron chi connectivity index (χ2n) is 6.15. The van der Waals surface area contributed by atoms with Crippen LogP contribution in [0.25, 0.3) is 0 Å².